The highest BCUT2D eigenvalue weighted by Crippen LogP contribution is 2.52. The van der Waals surface area contributed by atoms with E-state index in [-0.39, 0.29) is 0 Å². The molecule has 3 heteroatoms. The summed E-state index contributed by atoms with van der Waals surface area (Å²) in [7, 11) is 0. The molecule has 0 amide bonds. The van der Waals surface area contributed by atoms with Crippen LogP contribution in [0.15, 0.2) is 144 Å². The van der Waals surface area contributed by atoms with E-state index in [1.165, 1.54) is 10.8 Å². The maximum Gasteiger partial charge on any atom is 0.136 e. The van der Waals surface area contributed by atoms with E-state index in [9.17, 15) is 0 Å². The molecule has 9 rings (SSSR count). The van der Waals surface area contributed by atoms with Crippen molar-refractivity contribution in [1.29, 1.82) is 0 Å². The van der Waals surface area contributed by atoms with E-state index in [4.69, 9.17) is 9.15 Å². The van der Waals surface area contributed by atoms with Crippen LogP contribution in [0, 0.1) is 0 Å². The molecule has 0 N–H and O–H groups in total. The second kappa shape index (κ2) is 8.48. The molecule has 1 aromatic heterocycles. The Morgan fingerprint density at radius 1 is 0.439 bits per heavy atom. The van der Waals surface area contributed by atoms with Gasteiger partial charge in [-0.15, -0.1) is 0 Å². The van der Waals surface area contributed by atoms with Gasteiger partial charge in [0.2, 0.25) is 0 Å². The second-order valence-corrected chi connectivity index (χ2v) is 10.5. The van der Waals surface area contributed by atoms with Gasteiger partial charge in [-0.2, -0.15) is 0 Å². The number of ether oxygens (including phenoxy) is 1. The van der Waals surface area contributed by atoms with E-state index in [0.717, 1.165) is 72.4 Å². The number of para-hydroxylation sites is 2. The molecule has 192 valence electrons. The van der Waals surface area contributed by atoms with Crippen LogP contribution < -0.4 is 9.64 Å². The predicted octanol–water partition coefficient (Wildman–Crippen LogP) is 11.1. The molecular weight excluding hydrogens is 502 g/mol. The molecule has 2 heterocycles. The van der Waals surface area contributed by atoms with Crippen molar-refractivity contribution >= 4 is 60.5 Å². The first-order valence-electron chi connectivity index (χ1n) is 13.9. The van der Waals surface area contributed by atoms with Crippen molar-refractivity contribution in [3.8, 4) is 22.6 Å². The Balaban J connectivity index is 1.32. The first-order valence-corrected chi connectivity index (χ1v) is 13.9. The van der Waals surface area contributed by atoms with E-state index in [1.54, 1.807) is 0 Å². The number of hydrogen-bond acceptors (Lipinski definition) is 3. The van der Waals surface area contributed by atoms with Crippen LogP contribution in [0.1, 0.15) is 0 Å². The van der Waals surface area contributed by atoms with Crippen LogP contribution in [-0.2, 0) is 0 Å². The average Bonchev–Trinajstić information content (AvgIpc) is 3.39. The lowest BCUT2D eigenvalue weighted by Crippen LogP contribution is -2.11. The molecule has 0 saturated carbocycles. The lowest BCUT2D eigenvalue weighted by molar-refractivity contribution is 0.487. The molecule has 3 nitrogen and oxygen atoms in total. The molecule has 41 heavy (non-hydrogen) atoms. The molecule has 0 spiro atoms. The first-order chi connectivity index (χ1) is 20.3. The number of benzene rings is 7. The Morgan fingerprint density at radius 3 is 2.10 bits per heavy atom. The van der Waals surface area contributed by atoms with Gasteiger partial charge in [-0.05, 0) is 59.5 Å². The van der Waals surface area contributed by atoms with Crippen molar-refractivity contribution in [2.75, 3.05) is 4.90 Å². The van der Waals surface area contributed by atoms with Gasteiger partial charge in [0.15, 0.2) is 0 Å². The van der Waals surface area contributed by atoms with Gasteiger partial charge < -0.3 is 14.1 Å². The van der Waals surface area contributed by atoms with Crippen molar-refractivity contribution in [2.24, 2.45) is 0 Å². The number of furan rings is 1. The lowest BCUT2D eigenvalue weighted by Gasteiger charge is -2.30. The van der Waals surface area contributed by atoms with Crippen molar-refractivity contribution in [3.63, 3.8) is 0 Å². The molecule has 0 bridgehead atoms. The Labute approximate surface area is 236 Å². The number of anilines is 3. The van der Waals surface area contributed by atoms with Crippen LogP contribution in [0.4, 0.5) is 17.1 Å². The average molecular weight is 526 g/mol. The normalized spacial score (nSPS) is 12.1. The fraction of sp³-hybridized carbons (Fsp3) is 0. The zero-order valence-corrected chi connectivity index (χ0v) is 22.0. The molecule has 0 unspecified atom stereocenters. The van der Waals surface area contributed by atoms with Gasteiger partial charge in [-0.3, -0.25) is 0 Å². The third-order valence-electron chi connectivity index (χ3n) is 8.23. The molecule has 0 fully saturated rings. The standard InChI is InChI=1S/C38H23NO2/c1-2-12-25(13-3-1)39(32-17-8-11-24-10-4-5-14-26(24)32)33-21-20-28-31-23-36-30(27-15-6-7-18-34(27)40-36)22-37(31)41-35-19-9-16-29(33)38(28)35/h1-23H. The lowest BCUT2D eigenvalue weighted by atomic mass is 9.92. The summed E-state index contributed by atoms with van der Waals surface area (Å²) >= 11 is 0. The Morgan fingerprint density at radius 2 is 1.17 bits per heavy atom. The van der Waals surface area contributed by atoms with Crippen LogP contribution in [0.3, 0.4) is 0 Å². The largest absolute Gasteiger partial charge is 0.456 e. The van der Waals surface area contributed by atoms with Crippen LogP contribution >= 0.6 is 0 Å². The molecule has 0 saturated heterocycles. The third kappa shape index (κ3) is 3.26. The van der Waals surface area contributed by atoms with E-state index in [0.29, 0.717) is 0 Å². The highest BCUT2D eigenvalue weighted by atomic mass is 16.5. The minimum absolute atomic E-state index is 0.853. The van der Waals surface area contributed by atoms with Crippen molar-refractivity contribution in [2.45, 2.75) is 0 Å². The zero-order valence-electron chi connectivity index (χ0n) is 22.0. The summed E-state index contributed by atoms with van der Waals surface area (Å²) in [6.07, 6.45) is 0. The summed E-state index contributed by atoms with van der Waals surface area (Å²) < 4.78 is 12.9. The maximum atomic E-state index is 6.63. The molecule has 0 atom stereocenters. The van der Waals surface area contributed by atoms with Gasteiger partial charge in [0.1, 0.15) is 22.7 Å². The summed E-state index contributed by atoms with van der Waals surface area (Å²) in [5.74, 6) is 1.72. The number of nitrogens with zero attached hydrogens (tertiary/aromatic N) is 1. The van der Waals surface area contributed by atoms with Gasteiger partial charge in [-0.1, -0.05) is 91.0 Å². The van der Waals surface area contributed by atoms with Gasteiger partial charge in [0, 0.05) is 38.2 Å². The predicted molar refractivity (Wildman–Crippen MR) is 169 cm³/mol. The SMILES string of the molecule is c1ccc(N(c2cccc3ccccc23)c2ccc3c4c(cccc24)Oc2cc4c(cc2-3)oc2ccccc24)cc1. The van der Waals surface area contributed by atoms with Crippen LogP contribution in [0.2, 0.25) is 0 Å². The van der Waals surface area contributed by atoms with E-state index in [1.807, 2.05) is 18.2 Å². The van der Waals surface area contributed by atoms with Gasteiger partial charge >= 0.3 is 0 Å². The Kier molecular flexibility index (Phi) is 4.61. The second-order valence-electron chi connectivity index (χ2n) is 10.5. The summed E-state index contributed by atoms with van der Waals surface area (Å²) in [5, 5.41) is 6.81. The summed E-state index contributed by atoms with van der Waals surface area (Å²) in [6.45, 7) is 0. The molecule has 8 aromatic rings. The van der Waals surface area contributed by atoms with Gasteiger partial charge in [-0.25, -0.2) is 0 Å². The molecule has 1 aliphatic heterocycles. The topological polar surface area (TPSA) is 25.6 Å². The minimum Gasteiger partial charge on any atom is -0.456 e. The fourth-order valence-corrected chi connectivity index (χ4v) is 6.42. The third-order valence-corrected chi connectivity index (χ3v) is 8.23. The van der Waals surface area contributed by atoms with Crippen molar-refractivity contribution in [3.05, 3.63) is 140 Å². The van der Waals surface area contributed by atoms with E-state index >= 15 is 0 Å². The van der Waals surface area contributed by atoms with Crippen molar-refractivity contribution in [1.82, 2.24) is 0 Å². The molecule has 7 aromatic carbocycles. The maximum absolute atomic E-state index is 6.63. The summed E-state index contributed by atoms with van der Waals surface area (Å²) in [4.78, 5) is 2.36. The summed E-state index contributed by atoms with van der Waals surface area (Å²) in [6, 6.07) is 48.9. The highest BCUT2D eigenvalue weighted by Gasteiger charge is 2.26. The quantitative estimate of drug-likeness (QED) is 0.229. The van der Waals surface area contributed by atoms with Crippen molar-refractivity contribution < 1.29 is 9.15 Å². The van der Waals surface area contributed by atoms with Crippen LogP contribution in [0.5, 0.6) is 11.5 Å². The monoisotopic (exact) mass is 525 g/mol. The minimum atomic E-state index is 0.853. The molecule has 0 aliphatic carbocycles. The highest BCUT2D eigenvalue weighted by molar-refractivity contribution is 6.14. The summed E-state index contributed by atoms with van der Waals surface area (Å²) in [5.41, 5.74) is 7.28. The number of fused-ring (bicyclic) bond motifs is 6. The zero-order chi connectivity index (χ0) is 26.9. The number of hydrogen-bond donors (Lipinski definition) is 0. The fourth-order valence-electron chi connectivity index (χ4n) is 6.42. The van der Waals surface area contributed by atoms with Gasteiger partial charge in [0.25, 0.3) is 0 Å². The number of rotatable bonds is 3. The van der Waals surface area contributed by atoms with Crippen LogP contribution in [-0.4, -0.2) is 0 Å². The first kappa shape index (κ1) is 22.3. The molecule has 1 aliphatic rings. The Bertz CT molecular complexity index is 2290. The van der Waals surface area contributed by atoms with Gasteiger partial charge in [0.05, 0.1) is 11.4 Å². The van der Waals surface area contributed by atoms with Crippen LogP contribution in [0.25, 0.3) is 54.6 Å². The smallest absolute Gasteiger partial charge is 0.136 e. The van der Waals surface area contributed by atoms with E-state index in [2.05, 4.69) is 126 Å². The Hall–Kier alpha value is -5.54. The van der Waals surface area contributed by atoms with E-state index < -0.39 is 0 Å². The molecule has 0 radical (unpaired) electrons. The molecular formula is C38H23NO2.